The summed E-state index contributed by atoms with van der Waals surface area (Å²) in [5.41, 5.74) is 6.35. The normalized spacial score (nSPS) is 31.9. The van der Waals surface area contributed by atoms with Crippen LogP contribution in [0.5, 0.6) is 0 Å². The van der Waals surface area contributed by atoms with Gasteiger partial charge in [-0.25, -0.2) is 9.19 Å². The Morgan fingerprint density at radius 2 is 2.36 bits per heavy atom. The van der Waals surface area contributed by atoms with Crippen molar-refractivity contribution in [3.8, 4) is 0 Å². The number of rotatable bonds is 1. The quantitative estimate of drug-likeness (QED) is 0.739. The minimum Gasteiger partial charge on any atom is -0.384 e. The first-order chi connectivity index (χ1) is 6.59. The van der Waals surface area contributed by atoms with Crippen molar-refractivity contribution in [1.82, 2.24) is 4.98 Å². The number of nitrogens with two attached hydrogens (primary N) is 1. The van der Waals surface area contributed by atoms with Crippen molar-refractivity contribution in [2.24, 2.45) is 0 Å². The predicted octanol–water partition coefficient (Wildman–Crippen LogP) is 1.55. The summed E-state index contributed by atoms with van der Waals surface area (Å²) >= 11 is 0. The summed E-state index contributed by atoms with van der Waals surface area (Å²) in [4.78, 5) is 3.96. The number of hydrogen-bond donors (Lipinski definition) is 2. The first-order valence-electron chi connectivity index (χ1n) is 4.56. The van der Waals surface area contributed by atoms with Crippen LogP contribution in [0.25, 0.3) is 0 Å². The Labute approximate surface area is 83.5 Å². The third-order valence-electron chi connectivity index (χ3n) is 2.55. The van der Waals surface area contributed by atoms with Gasteiger partial charge in [0.05, 0.1) is 15.0 Å². The molecule has 3 N–H and O–H groups in total. The number of anilines is 1. The van der Waals surface area contributed by atoms with Crippen LogP contribution in [0, 0.1) is 4.78 Å². The molecule has 5 heteroatoms. The minimum absolute atomic E-state index is 0.143. The second-order valence-corrected chi connectivity index (χ2v) is 6.01. The fourth-order valence-corrected chi connectivity index (χ4v) is 3.82. The molecule has 1 fully saturated rings. The second-order valence-electron chi connectivity index (χ2n) is 3.58. The molecule has 0 aromatic carbocycles. The Kier molecular flexibility index (Phi) is 2.19. The van der Waals surface area contributed by atoms with Crippen molar-refractivity contribution in [3.63, 3.8) is 0 Å². The third kappa shape index (κ3) is 1.59. The lowest BCUT2D eigenvalue weighted by atomic mass is 10.1. The molecule has 4 nitrogen and oxygen atoms in total. The van der Waals surface area contributed by atoms with Crippen molar-refractivity contribution < 1.29 is 4.21 Å². The zero-order valence-corrected chi connectivity index (χ0v) is 8.59. The van der Waals surface area contributed by atoms with E-state index in [9.17, 15) is 4.21 Å². The van der Waals surface area contributed by atoms with Crippen molar-refractivity contribution in [2.75, 3.05) is 11.5 Å². The molecule has 2 rings (SSSR count). The highest BCUT2D eigenvalue weighted by Gasteiger charge is 2.29. The Morgan fingerprint density at radius 1 is 1.57 bits per heavy atom. The van der Waals surface area contributed by atoms with Gasteiger partial charge in [0.15, 0.2) is 0 Å². The van der Waals surface area contributed by atoms with E-state index in [1.165, 1.54) is 0 Å². The van der Waals surface area contributed by atoms with Gasteiger partial charge in [0.2, 0.25) is 0 Å². The second kappa shape index (κ2) is 3.24. The lowest BCUT2D eigenvalue weighted by molar-refractivity contribution is 0.670. The molecule has 1 aliphatic heterocycles. The maximum Gasteiger partial charge on any atom is 0.123 e. The SMILES string of the molecule is N=S1(=O)CCCC1c1ccc(N)nc1. The van der Waals surface area contributed by atoms with Crippen molar-refractivity contribution in [3.05, 3.63) is 23.9 Å². The van der Waals surface area contributed by atoms with Crippen molar-refractivity contribution in [1.29, 1.82) is 4.78 Å². The maximum atomic E-state index is 11.8. The molecule has 0 saturated carbocycles. The largest absolute Gasteiger partial charge is 0.384 e. The van der Waals surface area contributed by atoms with Gasteiger partial charge in [0.1, 0.15) is 5.82 Å². The van der Waals surface area contributed by atoms with Crippen LogP contribution < -0.4 is 5.73 Å². The lowest BCUT2D eigenvalue weighted by Gasteiger charge is -2.11. The van der Waals surface area contributed by atoms with E-state index in [0.29, 0.717) is 11.6 Å². The summed E-state index contributed by atoms with van der Waals surface area (Å²) < 4.78 is 19.5. The Morgan fingerprint density at radius 3 is 2.86 bits per heavy atom. The molecule has 1 aromatic rings. The molecule has 0 amide bonds. The van der Waals surface area contributed by atoms with Crippen LogP contribution in [-0.4, -0.2) is 14.9 Å². The molecule has 0 bridgehead atoms. The van der Waals surface area contributed by atoms with E-state index < -0.39 is 9.73 Å². The summed E-state index contributed by atoms with van der Waals surface area (Å²) in [5, 5.41) is -0.143. The standard InChI is InChI=1S/C9H13N3OS/c10-9-4-3-7(6-12-9)8-2-1-5-14(8,11)13/h3-4,6,8,11H,1-2,5H2,(H2,10,12). The van der Waals surface area contributed by atoms with Gasteiger partial charge in [-0.15, -0.1) is 0 Å². The Balaban J connectivity index is 2.36. The fourth-order valence-electron chi connectivity index (χ4n) is 1.81. The van der Waals surface area contributed by atoms with Crippen molar-refractivity contribution >= 4 is 15.5 Å². The smallest absolute Gasteiger partial charge is 0.123 e. The van der Waals surface area contributed by atoms with Gasteiger partial charge in [0.25, 0.3) is 0 Å². The zero-order chi connectivity index (χ0) is 10.2. The zero-order valence-electron chi connectivity index (χ0n) is 7.77. The maximum absolute atomic E-state index is 11.8. The van der Waals surface area contributed by atoms with Crippen LogP contribution in [0.3, 0.4) is 0 Å². The topological polar surface area (TPSA) is 79.8 Å². The number of aromatic nitrogens is 1. The summed E-state index contributed by atoms with van der Waals surface area (Å²) in [5.74, 6) is 0.977. The van der Waals surface area contributed by atoms with E-state index in [0.717, 1.165) is 18.4 Å². The van der Waals surface area contributed by atoms with E-state index in [-0.39, 0.29) is 5.25 Å². The van der Waals surface area contributed by atoms with Gasteiger partial charge in [-0.3, -0.25) is 4.78 Å². The molecule has 1 aromatic heterocycles. The summed E-state index contributed by atoms with van der Waals surface area (Å²) in [7, 11) is -2.43. The van der Waals surface area contributed by atoms with Crippen LogP contribution in [0.1, 0.15) is 23.7 Å². The first kappa shape index (κ1) is 9.45. The first-order valence-corrected chi connectivity index (χ1v) is 6.35. The molecule has 1 saturated heterocycles. The van der Waals surface area contributed by atoms with Gasteiger partial charge in [-0.2, -0.15) is 0 Å². The number of hydrogen-bond acceptors (Lipinski definition) is 4. The van der Waals surface area contributed by atoms with E-state index in [1.54, 1.807) is 12.3 Å². The number of nitrogen functional groups attached to an aromatic ring is 1. The van der Waals surface area contributed by atoms with Gasteiger partial charge < -0.3 is 5.73 Å². The fraction of sp³-hybridized carbons (Fsp3) is 0.444. The van der Waals surface area contributed by atoms with Crippen LogP contribution in [0.2, 0.25) is 0 Å². The van der Waals surface area contributed by atoms with Crippen LogP contribution in [-0.2, 0) is 9.73 Å². The Bertz CT molecular complexity index is 424. The van der Waals surface area contributed by atoms with E-state index in [4.69, 9.17) is 10.5 Å². The van der Waals surface area contributed by atoms with E-state index in [2.05, 4.69) is 4.98 Å². The van der Waals surface area contributed by atoms with Crippen LogP contribution in [0.4, 0.5) is 5.82 Å². The molecular formula is C9H13N3OS. The van der Waals surface area contributed by atoms with Crippen LogP contribution >= 0.6 is 0 Å². The third-order valence-corrected chi connectivity index (χ3v) is 4.88. The summed E-state index contributed by atoms with van der Waals surface area (Å²) in [6.45, 7) is 0. The number of nitrogens with zero attached hydrogens (tertiary/aromatic N) is 1. The van der Waals surface area contributed by atoms with Gasteiger partial charge in [0, 0.05) is 11.9 Å². The highest BCUT2D eigenvalue weighted by Crippen LogP contribution is 2.34. The van der Waals surface area contributed by atoms with Gasteiger partial charge in [-0.05, 0) is 24.5 Å². The molecule has 14 heavy (non-hydrogen) atoms. The number of nitrogens with one attached hydrogen (secondary N) is 1. The average Bonchev–Trinajstić information content (AvgIpc) is 2.47. The number of pyridine rings is 1. The Hall–Kier alpha value is -1.10. The van der Waals surface area contributed by atoms with Crippen LogP contribution in [0.15, 0.2) is 18.3 Å². The highest BCUT2D eigenvalue weighted by molar-refractivity contribution is 7.92. The molecule has 0 aliphatic carbocycles. The molecule has 1 aliphatic rings. The molecule has 2 unspecified atom stereocenters. The van der Waals surface area contributed by atoms with E-state index >= 15 is 0 Å². The molecule has 0 radical (unpaired) electrons. The van der Waals surface area contributed by atoms with Gasteiger partial charge >= 0.3 is 0 Å². The highest BCUT2D eigenvalue weighted by atomic mass is 32.2. The predicted molar refractivity (Wildman–Crippen MR) is 56.4 cm³/mol. The molecular weight excluding hydrogens is 198 g/mol. The van der Waals surface area contributed by atoms with E-state index in [1.807, 2.05) is 6.07 Å². The molecule has 76 valence electrons. The average molecular weight is 211 g/mol. The summed E-state index contributed by atoms with van der Waals surface area (Å²) in [6, 6.07) is 3.52. The molecule has 0 spiro atoms. The monoisotopic (exact) mass is 211 g/mol. The summed E-state index contributed by atoms with van der Waals surface area (Å²) in [6.07, 6.45) is 3.34. The molecule has 2 heterocycles. The van der Waals surface area contributed by atoms with Crippen molar-refractivity contribution in [2.45, 2.75) is 18.1 Å². The molecule has 2 atom stereocenters. The van der Waals surface area contributed by atoms with Gasteiger partial charge in [-0.1, -0.05) is 6.07 Å². The minimum atomic E-state index is -2.43. The lowest BCUT2D eigenvalue weighted by Crippen LogP contribution is -2.06.